The zero-order valence-electron chi connectivity index (χ0n) is 10.0. The van der Waals surface area contributed by atoms with Gasteiger partial charge in [-0.2, -0.15) is 0 Å². The largest absolute Gasteiger partial charge is 0.466 e. The Morgan fingerprint density at radius 1 is 1.33 bits per heavy atom. The summed E-state index contributed by atoms with van der Waals surface area (Å²) in [5.74, 6) is -4.01. The highest BCUT2D eigenvalue weighted by Crippen LogP contribution is 2.26. The molecule has 0 aliphatic carbocycles. The first-order valence-corrected chi connectivity index (χ1v) is 5.46. The number of esters is 2. The molecule has 0 bridgehead atoms. The normalized spacial score (nSPS) is 19.1. The Hall–Kier alpha value is -1.50. The molecule has 0 N–H and O–H groups in total. The number of ether oxygens (including phenoxy) is 2. The Kier molecular flexibility index (Phi) is 5.21. The molecule has 1 aliphatic rings. The predicted octanol–water partition coefficient (Wildman–Crippen LogP) is 0.600. The van der Waals surface area contributed by atoms with Gasteiger partial charge in [0.2, 0.25) is 0 Å². The van der Waals surface area contributed by atoms with Crippen molar-refractivity contribution < 1.29 is 27.8 Å². The van der Waals surface area contributed by atoms with Gasteiger partial charge in [-0.25, -0.2) is 18.4 Å². The minimum Gasteiger partial charge on any atom is -0.466 e. The number of likely N-dealkylation sites (tertiary alicyclic amines) is 1. The maximum atomic E-state index is 12.8. The summed E-state index contributed by atoms with van der Waals surface area (Å²) in [7, 11) is 1.19. The number of nitrogens with zero attached hydrogens (tertiary/aromatic N) is 1. The summed E-state index contributed by atoms with van der Waals surface area (Å²) in [6, 6.07) is 0. The molecule has 1 fully saturated rings. The van der Waals surface area contributed by atoms with Gasteiger partial charge in [0.25, 0.3) is 5.92 Å². The highest BCUT2D eigenvalue weighted by molar-refractivity contribution is 5.91. The molecule has 1 aliphatic heterocycles. The Bertz CT molecular complexity index is 344. The molecular weight excluding hydrogens is 248 g/mol. The molecule has 18 heavy (non-hydrogen) atoms. The molecule has 0 unspecified atom stereocenters. The fraction of sp³-hybridized carbons (Fsp3) is 0.636. The summed E-state index contributed by atoms with van der Waals surface area (Å²) in [5.41, 5.74) is 0. The van der Waals surface area contributed by atoms with Crippen molar-refractivity contribution in [3.8, 4) is 0 Å². The van der Waals surface area contributed by atoms with Gasteiger partial charge in [-0.1, -0.05) is 0 Å². The van der Waals surface area contributed by atoms with Crippen molar-refractivity contribution in [2.75, 3.05) is 33.4 Å². The number of rotatable bonds is 5. The van der Waals surface area contributed by atoms with Crippen molar-refractivity contribution in [3.05, 3.63) is 12.2 Å². The van der Waals surface area contributed by atoms with Gasteiger partial charge < -0.3 is 9.47 Å². The third-order valence-corrected chi connectivity index (χ3v) is 2.46. The highest BCUT2D eigenvalue weighted by Gasteiger charge is 2.37. The van der Waals surface area contributed by atoms with E-state index in [-0.39, 0.29) is 26.1 Å². The minimum atomic E-state index is -2.64. The number of halogens is 2. The smallest absolute Gasteiger partial charge is 0.331 e. The second-order valence-corrected chi connectivity index (χ2v) is 3.91. The lowest BCUT2D eigenvalue weighted by atomic mass is 10.3. The zero-order chi connectivity index (χ0) is 13.6. The molecular formula is C11H15F2NO4. The Morgan fingerprint density at radius 2 is 2.00 bits per heavy atom. The molecule has 0 radical (unpaired) electrons. The van der Waals surface area contributed by atoms with E-state index in [1.165, 1.54) is 12.0 Å². The summed E-state index contributed by atoms with van der Waals surface area (Å²) < 4.78 is 34.7. The highest BCUT2D eigenvalue weighted by atomic mass is 19.3. The molecule has 102 valence electrons. The Balaban J connectivity index is 2.17. The molecule has 0 amide bonds. The van der Waals surface area contributed by atoms with Crippen molar-refractivity contribution in [1.29, 1.82) is 0 Å². The van der Waals surface area contributed by atoms with Crippen LogP contribution in [0.1, 0.15) is 6.42 Å². The van der Waals surface area contributed by atoms with Crippen molar-refractivity contribution in [2.24, 2.45) is 0 Å². The van der Waals surface area contributed by atoms with Crippen LogP contribution >= 0.6 is 0 Å². The first-order valence-electron chi connectivity index (χ1n) is 5.46. The Labute approximate surface area is 103 Å². The number of carbonyl (C=O) groups excluding carboxylic acids is 2. The van der Waals surface area contributed by atoms with Crippen molar-refractivity contribution in [3.63, 3.8) is 0 Å². The standard InChI is InChI=1S/C11H15F2NO4/c1-17-9(15)2-3-10(16)18-7-6-14-5-4-11(12,13)8-14/h2-3H,4-8H2,1H3/b3-2+. The monoisotopic (exact) mass is 263 g/mol. The summed E-state index contributed by atoms with van der Waals surface area (Å²) >= 11 is 0. The summed E-state index contributed by atoms with van der Waals surface area (Å²) in [5, 5.41) is 0. The van der Waals surface area contributed by atoms with Crippen LogP contribution in [0.5, 0.6) is 0 Å². The van der Waals surface area contributed by atoms with Crippen LogP contribution in [0.25, 0.3) is 0 Å². The molecule has 0 aromatic rings. The van der Waals surface area contributed by atoms with Gasteiger partial charge in [-0.3, -0.25) is 4.90 Å². The molecule has 1 saturated heterocycles. The lowest BCUT2D eigenvalue weighted by Crippen LogP contribution is -2.29. The van der Waals surface area contributed by atoms with Crippen molar-refractivity contribution in [1.82, 2.24) is 4.90 Å². The molecule has 0 atom stereocenters. The molecule has 0 spiro atoms. The molecule has 1 rings (SSSR count). The van der Waals surface area contributed by atoms with Crippen LogP contribution in [0, 0.1) is 0 Å². The molecule has 0 saturated carbocycles. The lowest BCUT2D eigenvalue weighted by molar-refractivity contribution is -0.139. The molecule has 0 aromatic carbocycles. The number of methoxy groups -OCH3 is 1. The number of alkyl halides is 2. The third kappa shape index (κ3) is 5.22. The second-order valence-electron chi connectivity index (χ2n) is 3.91. The van der Waals surface area contributed by atoms with E-state index in [4.69, 9.17) is 4.74 Å². The Morgan fingerprint density at radius 3 is 2.56 bits per heavy atom. The maximum absolute atomic E-state index is 12.8. The van der Waals surface area contributed by atoms with Crippen LogP contribution in [0.15, 0.2) is 12.2 Å². The van der Waals surface area contributed by atoms with Gasteiger partial charge >= 0.3 is 11.9 Å². The first kappa shape index (κ1) is 14.6. The molecule has 0 aromatic heterocycles. The van der Waals surface area contributed by atoms with E-state index in [2.05, 4.69) is 4.74 Å². The topological polar surface area (TPSA) is 55.8 Å². The van der Waals surface area contributed by atoms with Crippen LogP contribution in [0.2, 0.25) is 0 Å². The van der Waals surface area contributed by atoms with E-state index in [1.54, 1.807) is 0 Å². The fourth-order valence-corrected chi connectivity index (χ4v) is 1.53. The van der Waals surface area contributed by atoms with Crippen LogP contribution in [0.3, 0.4) is 0 Å². The van der Waals surface area contributed by atoms with Gasteiger partial charge in [0.15, 0.2) is 0 Å². The van der Waals surface area contributed by atoms with E-state index < -0.39 is 17.9 Å². The van der Waals surface area contributed by atoms with Gasteiger partial charge in [-0.15, -0.1) is 0 Å². The molecule has 5 nitrogen and oxygen atoms in total. The summed E-state index contributed by atoms with van der Waals surface area (Å²) in [6.07, 6.45) is 1.71. The van der Waals surface area contributed by atoms with E-state index >= 15 is 0 Å². The van der Waals surface area contributed by atoms with Crippen LogP contribution in [-0.4, -0.2) is 56.1 Å². The number of hydrogen-bond donors (Lipinski definition) is 0. The quantitative estimate of drug-likeness (QED) is 0.537. The van der Waals surface area contributed by atoms with Crippen molar-refractivity contribution in [2.45, 2.75) is 12.3 Å². The number of hydrogen-bond acceptors (Lipinski definition) is 5. The van der Waals surface area contributed by atoms with Crippen LogP contribution < -0.4 is 0 Å². The average molecular weight is 263 g/mol. The minimum absolute atomic E-state index is 0.0143. The fourth-order valence-electron chi connectivity index (χ4n) is 1.53. The van der Waals surface area contributed by atoms with Crippen LogP contribution in [-0.2, 0) is 19.1 Å². The zero-order valence-corrected chi connectivity index (χ0v) is 10.0. The summed E-state index contributed by atoms with van der Waals surface area (Å²) in [6.45, 7) is 0.263. The third-order valence-electron chi connectivity index (χ3n) is 2.46. The number of carbonyl (C=O) groups is 2. The van der Waals surface area contributed by atoms with Gasteiger partial charge in [0.05, 0.1) is 13.7 Å². The molecule has 1 heterocycles. The first-order chi connectivity index (χ1) is 8.43. The van der Waals surface area contributed by atoms with Gasteiger partial charge in [0, 0.05) is 31.7 Å². The summed E-state index contributed by atoms with van der Waals surface area (Å²) in [4.78, 5) is 23.3. The second kappa shape index (κ2) is 6.44. The van der Waals surface area contributed by atoms with E-state index in [0.717, 1.165) is 12.2 Å². The average Bonchev–Trinajstić information content (AvgIpc) is 2.66. The SMILES string of the molecule is COC(=O)/C=C/C(=O)OCCN1CCC(F)(F)C1. The van der Waals surface area contributed by atoms with E-state index in [9.17, 15) is 18.4 Å². The van der Waals surface area contributed by atoms with Gasteiger partial charge in [-0.05, 0) is 0 Å². The predicted molar refractivity (Wildman–Crippen MR) is 58.1 cm³/mol. The van der Waals surface area contributed by atoms with Gasteiger partial charge in [0.1, 0.15) is 6.61 Å². The maximum Gasteiger partial charge on any atom is 0.331 e. The lowest BCUT2D eigenvalue weighted by Gasteiger charge is -2.14. The van der Waals surface area contributed by atoms with Crippen LogP contribution in [0.4, 0.5) is 8.78 Å². The van der Waals surface area contributed by atoms with E-state index in [0.29, 0.717) is 6.54 Å². The molecule has 7 heteroatoms. The van der Waals surface area contributed by atoms with Crippen molar-refractivity contribution >= 4 is 11.9 Å². The van der Waals surface area contributed by atoms with E-state index in [1.807, 2.05) is 0 Å².